The summed E-state index contributed by atoms with van der Waals surface area (Å²) in [4.78, 5) is 68.2. The first-order valence-corrected chi connectivity index (χ1v) is 19.9. The van der Waals surface area contributed by atoms with Gasteiger partial charge in [0, 0.05) is 48.3 Å². The molecule has 0 radical (unpaired) electrons. The summed E-state index contributed by atoms with van der Waals surface area (Å²) in [6, 6.07) is 0. The van der Waals surface area contributed by atoms with Gasteiger partial charge in [0.1, 0.15) is 24.4 Å². The van der Waals surface area contributed by atoms with Crippen molar-refractivity contribution in [3.63, 3.8) is 0 Å². The summed E-state index contributed by atoms with van der Waals surface area (Å²) in [5.41, 5.74) is -7.47. The lowest BCUT2D eigenvalue weighted by Gasteiger charge is -2.66. The third kappa shape index (κ3) is 5.02. The topological polar surface area (TPSA) is 184 Å². The lowest BCUT2D eigenvalue weighted by Crippen LogP contribution is -2.72. The van der Waals surface area contributed by atoms with Crippen molar-refractivity contribution < 1.29 is 62.6 Å². The Hall–Kier alpha value is -3.03. The van der Waals surface area contributed by atoms with Crippen molar-refractivity contribution in [2.24, 2.45) is 68.5 Å². The van der Waals surface area contributed by atoms with Crippen LogP contribution in [0.5, 0.6) is 0 Å². The molecule has 0 aromatic rings. The molecule has 2 aliphatic heterocycles. The monoisotopic (exact) mass is 772 g/mol. The standard InChI is InChI=1S/C42H60O13/c1-18-25-28(40(12)41(13,54-34(48)37(7,8)9)35(49)55-42(40)31(18)53-42)29(46)26-24-22(52-33(47)36(4,5)6)17-21-15-14-16-23(45)38(21,10)27(24)30(50-19(2)43)32(39(25,26)11)51-20(3)44/h14,16,18,21-32,45-46H,15,17H2,1-13H3/t18-,21+,22-,23-,24?,25-,26+,27?,28-,29+,30-,31+,32-,38+,39+,40-,41+,42-/m0/s1. The lowest BCUT2D eigenvalue weighted by molar-refractivity contribution is -0.277. The maximum atomic E-state index is 14.2. The summed E-state index contributed by atoms with van der Waals surface area (Å²) in [5, 5.41) is 25.3. The van der Waals surface area contributed by atoms with E-state index in [1.807, 2.05) is 26.8 Å². The highest BCUT2D eigenvalue weighted by Crippen LogP contribution is 2.81. The molecule has 18 atom stereocenters. The van der Waals surface area contributed by atoms with Crippen molar-refractivity contribution in [3.8, 4) is 0 Å². The molecule has 1 spiro atoms. The first kappa shape index (κ1) is 40.2. The Bertz CT molecular complexity index is 1730. The Morgan fingerprint density at radius 2 is 1.42 bits per heavy atom. The van der Waals surface area contributed by atoms with Gasteiger partial charge in [-0.25, -0.2) is 4.79 Å². The number of esters is 5. The molecular weight excluding hydrogens is 712 g/mol. The number of hydrogen-bond donors (Lipinski definition) is 2. The highest BCUT2D eigenvalue weighted by Gasteiger charge is 2.94. The molecule has 13 nitrogen and oxygen atoms in total. The van der Waals surface area contributed by atoms with Crippen LogP contribution in [0.25, 0.3) is 0 Å². The van der Waals surface area contributed by atoms with E-state index < -0.39 is 140 Å². The number of aliphatic hydroxyl groups is 2. The molecular formula is C42H60O13. The largest absolute Gasteiger partial charge is 0.462 e. The molecule has 5 aliphatic carbocycles. The molecule has 2 N–H and O–H groups in total. The van der Waals surface area contributed by atoms with Crippen molar-refractivity contribution >= 4 is 29.8 Å². The Morgan fingerprint density at radius 1 is 0.818 bits per heavy atom. The van der Waals surface area contributed by atoms with Gasteiger partial charge < -0.3 is 38.6 Å². The van der Waals surface area contributed by atoms with Crippen LogP contribution in [0.2, 0.25) is 0 Å². The number of hydrogen-bond acceptors (Lipinski definition) is 13. The normalized spacial score (nSPS) is 50.5. The second-order valence-electron chi connectivity index (χ2n) is 20.6. The molecule has 4 saturated carbocycles. The van der Waals surface area contributed by atoms with E-state index in [9.17, 15) is 34.2 Å². The van der Waals surface area contributed by atoms with Gasteiger partial charge in [-0.3, -0.25) is 19.2 Å². The van der Waals surface area contributed by atoms with Crippen molar-refractivity contribution in [2.45, 2.75) is 151 Å². The summed E-state index contributed by atoms with van der Waals surface area (Å²) >= 11 is 0. The van der Waals surface area contributed by atoms with Crippen molar-refractivity contribution in [2.75, 3.05) is 0 Å². The van der Waals surface area contributed by atoms with Crippen molar-refractivity contribution in [1.82, 2.24) is 0 Å². The zero-order chi connectivity index (χ0) is 41.0. The van der Waals surface area contributed by atoms with Crippen LogP contribution in [0.1, 0.15) is 103 Å². The lowest BCUT2D eigenvalue weighted by atomic mass is 9.41. The van der Waals surface area contributed by atoms with E-state index in [1.165, 1.54) is 20.8 Å². The predicted molar refractivity (Wildman–Crippen MR) is 193 cm³/mol. The van der Waals surface area contributed by atoms with Gasteiger partial charge >= 0.3 is 29.8 Å². The fourth-order valence-corrected chi connectivity index (χ4v) is 12.9. The molecule has 2 unspecified atom stereocenters. The van der Waals surface area contributed by atoms with Gasteiger partial charge in [0.2, 0.25) is 5.60 Å². The molecule has 0 amide bonds. The minimum Gasteiger partial charge on any atom is -0.462 e. The molecule has 0 aromatic carbocycles. The van der Waals surface area contributed by atoms with Gasteiger partial charge in [-0.2, -0.15) is 0 Å². The van der Waals surface area contributed by atoms with Gasteiger partial charge in [0.15, 0.2) is 0 Å². The summed E-state index contributed by atoms with van der Waals surface area (Å²) in [6.07, 6.45) is -1.55. The number of rotatable bonds is 4. The van der Waals surface area contributed by atoms with Crippen LogP contribution < -0.4 is 0 Å². The number of ether oxygens (including phenoxy) is 6. The van der Waals surface area contributed by atoms with Gasteiger partial charge in [-0.05, 0) is 86.0 Å². The Morgan fingerprint density at radius 3 is 1.98 bits per heavy atom. The summed E-state index contributed by atoms with van der Waals surface area (Å²) in [7, 11) is 0. The molecule has 2 saturated heterocycles. The minimum absolute atomic E-state index is 0.241. The predicted octanol–water partition coefficient (Wildman–Crippen LogP) is 4.29. The second kappa shape index (κ2) is 12.0. The fourth-order valence-electron chi connectivity index (χ4n) is 12.9. The molecule has 7 aliphatic rings. The quantitative estimate of drug-likeness (QED) is 0.179. The summed E-state index contributed by atoms with van der Waals surface area (Å²) < 4.78 is 38.0. The second-order valence-corrected chi connectivity index (χ2v) is 20.6. The highest BCUT2D eigenvalue weighted by atomic mass is 16.8. The van der Waals surface area contributed by atoms with Gasteiger partial charge in [-0.1, -0.05) is 32.9 Å². The Balaban J connectivity index is 1.50. The zero-order valence-corrected chi connectivity index (χ0v) is 34.5. The molecule has 306 valence electrons. The molecule has 0 aromatic heterocycles. The number of fused-ring (bicyclic) bond motifs is 8. The summed E-state index contributed by atoms with van der Waals surface area (Å²) in [6.45, 7) is 22.0. The van der Waals surface area contributed by atoms with E-state index in [0.717, 1.165) is 0 Å². The first-order valence-electron chi connectivity index (χ1n) is 19.9. The van der Waals surface area contributed by atoms with Crippen LogP contribution in [0.4, 0.5) is 0 Å². The molecule has 0 bridgehead atoms. The fraction of sp³-hybridized carbons (Fsp3) is 0.833. The molecule has 7 rings (SSSR count). The van der Waals surface area contributed by atoms with Gasteiger partial charge in [0.25, 0.3) is 5.79 Å². The Kier molecular flexibility index (Phi) is 8.77. The smallest absolute Gasteiger partial charge is 0.353 e. The number of carbonyl (C=O) groups excluding carboxylic acids is 5. The molecule has 55 heavy (non-hydrogen) atoms. The SMILES string of the molecule is CC(=O)O[C@H]1C2C([C@@H](OC(=O)C(C)(C)C)C[C@H]3CC=C[C@H](O)[C@]23C)[C@@H]2[C@@H](O)[C@@H]3[C@H]([C@H](C)[C@H]4O[C@]45OC(=O)[C@@](C)(OC(=O)C(C)(C)C)[C@]35C)[C@@]2(C)[C@H]1OC(C)=O. The highest BCUT2D eigenvalue weighted by molar-refractivity contribution is 5.89. The number of allylic oxidation sites excluding steroid dienone is 1. The van der Waals surface area contributed by atoms with Crippen LogP contribution in [-0.2, 0) is 52.4 Å². The number of aliphatic hydroxyl groups excluding tert-OH is 2. The van der Waals surface area contributed by atoms with Crippen molar-refractivity contribution in [1.29, 1.82) is 0 Å². The average molecular weight is 773 g/mol. The van der Waals surface area contributed by atoms with E-state index in [-0.39, 0.29) is 5.92 Å². The van der Waals surface area contributed by atoms with Gasteiger partial charge in [-0.15, -0.1) is 0 Å². The Labute approximate surface area is 323 Å². The average Bonchev–Trinajstić information content (AvgIpc) is 3.70. The third-order valence-corrected chi connectivity index (χ3v) is 15.6. The van der Waals surface area contributed by atoms with Crippen LogP contribution in [-0.4, -0.2) is 88.1 Å². The van der Waals surface area contributed by atoms with E-state index in [4.69, 9.17) is 28.4 Å². The number of carbonyl (C=O) groups is 5. The molecule has 13 heteroatoms. The van der Waals surface area contributed by atoms with Crippen LogP contribution in [0.15, 0.2) is 12.2 Å². The van der Waals surface area contributed by atoms with Crippen LogP contribution >= 0.6 is 0 Å². The van der Waals surface area contributed by atoms with E-state index >= 15 is 0 Å². The van der Waals surface area contributed by atoms with Crippen LogP contribution in [0.3, 0.4) is 0 Å². The van der Waals surface area contributed by atoms with E-state index in [0.29, 0.717) is 12.8 Å². The molecule has 6 fully saturated rings. The number of epoxide rings is 1. The zero-order valence-electron chi connectivity index (χ0n) is 34.5. The minimum atomic E-state index is -1.92. The van der Waals surface area contributed by atoms with Crippen LogP contribution in [0, 0.1) is 68.5 Å². The van der Waals surface area contributed by atoms with Crippen molar-refractivity contribution in [3.05, 3.63) is 12.2 Å². The molecule has 2 heterocycles. The maximum absolute atomic E-state index is 14.2. The first-order chi connectivity index (χ1) is 25.2. The van der Waals surface area contributed by atoms with E-state index in [2.05, 4.69) is 0 Å². The van der Waals surface area contributed by atoms with Gasteiger partial charge in [0.05, 0.1) is 28.5 Å². The maximum Gasteiger partial charge on any atom is 0.353 e. The summed E-state index contributed by atoms with van der Waals surface area (Å²) in [5.74, 6) is -9.14. The van der Waals surface area contributed by atoms with E-state index in [1.54, 1.807) is 54.5 Å². The third-order valence-electron chi connectivity index (χ3n) is 15.6.